The van der Waals surface area contributed by atoms with Crippen molar-refractivity contribution < 1.29 is 9.47 Å². The lowest BCUT2D eigenvalue weighted by Crippen LogP contribution is -2.27. The van der Waals surface area contributed by atoms with Crippen LogP contribution >= 0.6 is 0 Å². The molecule has 2 rings (SSSR count). The van der Waals surface area contributed by atoms with E-state index in [4.69, 9.17) is 9.47 Å². The van der Waals surface area contributed by atoms with Crippen molar-refractivity contribution in [2.24, 2.45) is 0 Å². The molecule has 0 spiro atoms. The molecule has 1 heterocycles. The molecule has 0 bridgehead atoms. The molecule has 0 saturated heterocycles. The van der Waals surface area contributed by atoms with E-state index in [0.717, 1.165) is 0 Å². The molecule has 0 N–H and O–H groups in total. The van der Waals surface area contributed by atoms with Gasteiger partial charge in [0.2, 0.25) is 0 Å². The average Bonchev–Trinajstić information content (AvgIpc) is 2.28. The number of fused-ring (bicyclic) bond motifs is 1. The molecular formula is C9H9O2. The number of hydrogen-bond donors (Lipinski definition) is 0. The molecule has 0 aromatic carbocycles. The third kappa shape index (κ3) is 1.35. The van der Waals surface area contributed by atoms with Gasteiger partial charge in [0.15, 0.2) is 6.26 Å². The van der Waals surface area contributed by atoms with Crippen LogP contribution in [0.15, 0.2) is 30.4 Å². The Hall–Kier alpha value is -1.02. The Balaban J connectivity index is 2.13. The van der Waals surface area contributed by atoms with E-state index in [2.05, 4.69) is 6.26 Å². The van der Waals surface area contributed by atoms with E-state index in [9.17, 15) is 0 Å². The predicted molar refractivity (Wildman–Crippen MR) is 40.7 cm³/mol. The molecule has 0 fully saturated rings. The van der Waals surface area contributed by atoms with Gasteiger partial charge in [-0.1, -0.05) is 18.2 Å². The molecule has 1 aliphatic carbocycles. The van der Waals surface area contributed by atoms with Gasteiger partial charge >= 0.3 is 0 Å². The van der Waals surface area contributed by atoms with Crippen molar-refractivity contribution in [1.82, 2.24) is 0 Å². The standard InChI is InChI=1S/C9H9O2/c1-2-5-9-8(4-1)10-6-3-7-11-9/h1-5,8-9H,6H2. The predicted octanol–water partition coefficient (Wildman–Crippen LogP) is 1.21. The topological polar surface area (TPSA) is 18.5 Å². The van der Waals surface area contributed by atoms with Gasteiger partial charge in [0, 0.05) is 0 Å². The van der Waals surface area contributed by atoms with Crippen LogP contribution in [0.5, 0.6) is 0 Å². The maximum absolute atomic E-state index is 5.43. The third-order valence-corrected chi connectivity index (χ3v) is 1.70. The Bertz CT molecular complexity index is 216. The number of allylic oxidation sites excluding steroid dienone is 2. The van der Waals surface area contributed by atoms with Crippen LogP contribution in [0.25, 0.3) is 0 Å². The minimum atomic E-state index is 0.0127. The third-order valence-electron chi connectivity index (χ3n) is 1.70. The molecule has 57 valence electrons. The highest BCUT2D eigenvalue weighted by Gasteiger charge is 2.20. The Morgan fingerprint density at radius 3 is 2.91 bits per heavy atom. The van der Waals surface area contributed by atoms with E-state index in [1.54, 1.807) is 6.08 Å². The zero-order valence-electron chi connectivity index (χ0n) is 6.07. The molecular weight excluding hydrogens is 140 g/mol. The van der Waals surface area contributed by atoms with Crippen LogP contribution in [0, 0.1) is 6.26 Å². The van der Waals surface area contributed by atoms with Crippen molar-refractivity contribution in [2.75, 3.05) is 6.61 Å². The van der Waals surface area contributed by atoms with Gasteiger partial charge in [0.05, 0.1) is 6.61 Å². The van der Waals surface area contributed by atoms with Crippen molar-refractivity contribution in [2.45, 2.75) is 12.2 Å². The molecule has 0 saturated carbocycles. The second kappa shape index (κ2) is 2.93. The van der Waals surface area contributed by atoms with Crippen LogP contribution in [0.2, 0.25) is 0 Å². The summed E-state index contributed by atoms with van der Waals surface area (Å²) in [6.07, 6.45) is 12.4. The summed E-state index contributed by atoms with van der Waals surface area (Å²) in [5, 5.41) is 0. The summed E-state index contributed by atoms with van der Waals surface area (Å²) in [5.41, 5.74) is 0. The van der Waals surface area contributed by atoms with Crippen LogP contribution in [0.4, 0.5) is 0 Å². The highest BCUT2D eigenvalue weighted by molar-refractivity contribution is 5.17. The van der Waals surface area contributed by atoms with E-state index in [1.165, 1.54) is 0 Å². The van der Waals surface area contributed by atoms with Crippen molar-refractivity contribution in [3.63, 3.8) is 0 Å². The maximum atomic E-state index is 5.43. The molecule has 0 aromatic rings. The first-order valence-corrected chi connectivity index (χ1v) is 3.66. The van der Waals surface area contributed by atoms with Gasteiger partial charge in [-0.25, -0.2) is 0 Å². The highest BCUT2D eigenvalue weighted by atomic mass is 16.5. The summed E-state index contributed by atoms with van der Waals surface area (Å²) >= 11 is 0. The van der Waals surface area contributed by atoms with Gasteiger partial charge in [-0.2, -0.15) is 0 Å². The average molecular weight is 149 g/mol. The molecule has 0 aromatic heterocycles. The Morgan fingerprint density at radius 1 is 1.18 bits per heavy atom. The van der Waals surface area contributed by atoms with Gasteiger partial charge in [0.25, 0.3) is 0 Å². The Morgan fingerprint density at radius 2 is 2.00 bits per heavy atom. The molecule has 2 atom stereocenters. The largest absolute Gasteiger partial charge is 0.480 e. The van der Waals surface area contributed by atoms with E-state index < -0.39 is 0 Å². The summed E-state index contributed by atoms with van der Waals surface area (Å²) < 4.78 is 10.7. The maximum Gasteiger partial charge on any atom is 0.160 e. The first kappa shape index (κ1) is 6.68. The van der Waals surface area contributed by atoms with Crippen LogP contribution in [-0.2, 0) is 9.47 Å². The minimum absolute atomic E-state index is 0.0127. The lowest BCUT2D eigenvalue weighted by atomic mass is 10.1. The summed E-state index contributed by atoms with van der Waals surface area (Å²) in [5.74, 6) is 0. The van der Waals surface area contributed by atoms with E-state index >= 15 is 0 Å². The summed E-state index contributed by atoms with van der Waals surface area (Å²) in [7, 11) is 0. The molecule has 1 aliphatic heterocycles. The van der Waals surface area contributed by atoms with Crippen molar-refractivity contribution in [3.8, 4) is 0 Å². The molecule has 0 amide bonds. The number of rotatable bonds is 0. The van der Waals surface area contributed by atoms with E-state index in [1.807, 2.05) is 24.3 Å². The Labute approximate surface area is 65.8 Å². The van der Waals surface area contributed by atoms with Gasteiger partial charge in [-0.15, -0.1) is 0 Å². The van der Waals surface area contributed by atoms with Crippen LogP contribution in [0.3, 0.4) is 0 Å². The quantitative estimate of drug-likeness (QED) is 0.515. The van der Waals surface area contributed by atoms with Crippen molar-refractivity contribution >= 4 is 0 Å². The zero-order chi connectivity index (χ0) is 7.52. The van der Waals surface area contributed by atoms with Crippen LogP contribution in [-0.4, -0.2) is 18.8 Å². The smallest absolute Gasteiger partial charge is 0.160 e. The zero-order valence-corrected chi connectivity index (χ0v) is 6.07. The molecule has 2 heteroatoms. The van der Waals surface area contributed by atoms with Crippen LogP contribution < -0.4 is 0 Å². The second-order valence-corrected chi connectivity index (χ2v) is 2.47. The van der Waals surface area contributed by atoms with Gasteiger partial charge in [-0.05, 0) is 12.2 Å². The molecule has 11 heavy (non-hydrogen) atoms. The Kier molecular flexibility index (Phi) is 1.78. The lowest BCUT2D eigenvalue weighted by molar-refractivity contribution is 0.0255. The van der Waals surface area contributed by atoms with Gasteiger partial charge in [-0.3, -0.25) is 0 Å². The van der Waals surface area contributed by atoms with Crippen molar-refractivity contribution in [3.05, 3.63) is 36.6 Å². The number of hydrogen-bond acceptors (Lipinski definition) is 2. The van der Waals surface area contributed by atoms with E-state index in [-0.39, 0.29) is 12.2 Å². The first-order valence-electron chi connectivity index (χ1n) is 3.66. The summed E-state index contributed by atoms with van der Waals surface area (Å²) in [6, 6.07) is 0. The fourth-order valence-corrected chi connectivity index (χ4v) is 1.14. The fourth-order valence-electron chi connectivity index (χ4n) is 1.14. The fraction of sp³-hybridized carbons (Fsp3) is 0.333. The highest BCUT2D eigenvalue weighted by Crippen LogP contribution is 2.14. The second-order valence-electron chi connectivity index (χ2n) is 2.47. The minimum Gasteiger partial charge on any atom is -0.480 e. The normalized spacial score (nSPS) is 34.2. The molecule has 2 unspecified atom stereocenters. The van der Waals surface area contributed by atoms with Gasteiger partial charge < -0.3 is 9.47 Å². The SMILES string of the molecule is [C]1=CCOC2C=CC=CC2O1. The molecule has 2 nitrogen and oxygen atoms in total. The van der Waals surface area contributed by atoms with E-state index in [0.29, 0.717) is 6.61 Å². The summed E-state index contributed by atoms with van der Waals surface area (Å²) in [4.78, 5) is 0. The summed E-state index contributed by atoms with van der Waals surface area (Å²) in [6.45, 7) is 0.583. The van der Waals surface area contributed by atoms with Crippen LogP contribution in [0.1, 0.15) is 0 Å². The molecule has 2 aliphatic rings. The lowest BCUT2D eigenvalue weighted by Gasteiger charge is -2.20. The number of ether oxygens (including phenoxy) is 2. The van der Waals surface area contributed by atoms with Crippen molar-refractivity contribution in [1.29, 1.82) is 0 Å². The first-order chi connectivity index (χ1) is 5.47. The monoisotopic (exact) mass is 149 g/mol. The van der Waals surface area contributed by atoms with Gasteiger partial charge in [0.1, 0.15) is 12.2 Å². The molecule has 1 radical (unpaired) electrons.